The highest BCUT2D eigenvalue weighted by Gasteiger charge is 2.05. The fraction of sp³-hybridized carbons (Fsp3) is 0.182. The first-order valence-electron chi connectivity index (χ1n) is 5.07. The molecule has 0 saturated carbocycles. The van der Waals surface area contributed by atoms with E-state index in [9.17, 15) is 0 Å². The molecule has 0 spiro atoms. The number of nitrogens with zero attached hydrogens (tertiary/aromatic N) is 5. The van der Waals surface area contributed by atoms with Gasteiger partial charge in [-0.3, -0.25) is 0 Å². The lowest BCUT2D eigenvalue weighted by Crippen LogP contribution is -2.04. The van der Waals surface area contributed by atoms with Crippen LogP contribution < -0.4 is 0 Å². The molecule has 0 aliphatic carbocycles. The molecule has 0 aliphatic rings. The second-order valence-electron chi connectivity index (χ2n) is 3.72. The van der Waals surface area contributed by atoms with Gasteiger partial charge in [0, 0.05) is 7.05 Å². The van der Waals surface area contributed by atoms with E-state index < -0.39 is 0 Å². The van der Waals surface area contributed by atoms with Crippen LogP contribution in [-0.4, -0.2) is 24.3 Å². The van der Waals surface area contributed by atoms with E-state index >= 15 is 0 Å². The van der Waals surface area contributed by atoms with Crippen LogP contribution in [0.4, 0.5) is 0 Å². The maximum atomic E-state index is 4.33. The van der Waals surface area contributed by atoms with Crippen LogP contribution in [0.3, 0.4) is 0 Å². The van der Waals surface area contributed by atoms with E-state index in [0.717, 1.165) is 16.9 Å². The van der Waals surface area contributed by atoms with Crippen molar-refractivity contribution in [3.05, 3.63) is 42.7 Å². The third-order valence-corrected chi connectivity index (χ3v) is 2.64. The lowest BCUT2D eigenvalue weighted by molar-refractivity contribution is 0.711. The first-order chi connectivity index (χ1) is 7.84. The molecule has 5 heteroatoms. The predicted molar refractivity (Wildman–Crippen MR) is 59.8 cm³/mol. The Balaban J connectivity index is 2.04. The number of benzene rings is 1. The van der Waals surface area contributed by atoms with Crippen LogP contribution in [0, 0.1) is 0 Å². The van der Waals surface area contributed by atoms with Gasteiger partial charge in [-0.05, 0) is 12.1 Å². The molecule has 5 nitrogen and oxygen atoms in total. The second-order valence-corrected chi connectivity index (χ2v) is 3.72. The van der Waals surface area contributed by atoms with Crippen molar-refractivity contribution >= 4 is 11.0 Å². The van der Waals surface area contributed by atoms with Crippen LogP contribution in [0.25, 0.3) is 11.0 Å². The Labute approximate surface area is 92.4 Å². The van der Waals surface area contributed by atoms with Crippen LogP contribution >= 0.6 is 0 Å². The van der Waals surface area contributed by atoms with E-state index in [4.69, 9.17) is 0 Å². The van der Waals surface area contributed by atoms with Gasteiger partial charge in [0.05, 0.1) is 23.9 Å². The number of para-hydroxylation sites is 2. The highest BCUT2D eigenvalue weighted by atomic mass is 15.3. The fourth-order valence-electron chi connectivity index (χ4n) is 1.74. The Hall–Kier alpha value is -2.17. The second kappa shape index (κ2) is 3.44. The maximum Gasteiger partial charge on any atom is 0.152 e. The van der Waals surface area contributed by atoms with Gasteiger partial charge in [-0.15, -0.1) is 10.2 Å². The minimum Gasteiger partial charge on any atom is -0.323 e. The molecule has 3 rings (SSSR count). The van der Waals surface area contributed by atoms with Crippen molar-refractivity contribution in [3.63, 3.8) is 0 Å². The van der Waals surface area contributed by atoms with Crippen LogP contribution in [0.15, 0.2) is 36.9 Å². The standard InChI is InChI=1S/C11H11N5/c1-15-8-13-14-11(15)6-16-7-12-9-4-2-3-5-10(9)16/h2-5,7-8H,6H2,1H3. The molecule has 0 amide bonds. The van der Waals surface area contributed by atoms with Crippen LogP contribution in [0.1, 0.15) is 5.82 Å². The highest BCUT2D eigenvalue weighted by molar-refractivity contribution is 5.74. The molecule has 0 fully saturated rings. The summed E-state index contributed by atoms with van der Waals surface area (Å²) in [6, 6.07) is 8.06. The number of fused-ring (bicyclic) bond motifs is 1. The highest BCUT2D eigenvalue weighted by Crippen LogP contribution is 2.12. The summed E-state index contributed by atoms with van der Waals surface area (Å²) < 4.78 is 3.98. The molecule has 1 aromatic carbocycles. The molecule has 3 aromatic rings. The minimum absolute atomic E-state index is 0.691. The molecule has 0 bridgehead atoms. The third-order valence-electron chi connectivity index (χ3n) is 2.64. The Morgan fingerprint density at radius 2 is 2.06 bits per heavy atom. The average Bonchev–Trinajstić information content (AvgIpc) is 2.88. The van der Waals surface area contributed by atoms with Crippen molar-refractivity contribution in [1.29, 1.82) is 0 Å². The summed E-state index contributed by atoms with van der Waals surface area (Å²) in [5.74, 6) is 0.920. The molecule has 0 aliphatic heterocycles. The van der Waals surface area contributed by atoms with Crippen molar-refractivity contribution in [3.8, 4) is 0 Å². The fourth-order valence-corrected chi connectivity index (χ4v) is 1.74. The van der Waals surface area contributed by atoms with Gasteiger partial charge in [0.2, 0.25) is 0 Å². The molecule has 0 radical (unpaired) electrons. The molecule has 0 saturated heterocycles. The number of imidazole rings is 1. The largest absolute Gasteiger partial charge is 0.323 e. The first-order valence-corrected chi connectivity index (χ1v) is 5.07. The summed E-state index contributed by atoms with van der Waals surface area (Å²) in [5.41, 5.74) is 2.12. The number of aryl methyl sites for hydroxylation is 1. The van der Waals surface area contributed by atoms with E-state index in [2.05, 4.69) is 25.8 Å². The SMILES string of the molecule is Cn1cnnc1Cn1cnc2ccccc21. The van der Waals surface area contributed by atoms with Crippen molar-refractivity contribution in [2.45, 2.75) is 6.54 Å². The molecule has 0 unspecified atom stereocenters. The van der Waals surface area contributed by atoms with Gasteiger partial charge in [-0.25, -0.2) is 4.98 Å². The zero-order chi connectivity index (χ0) is 11.0. The first kappa shape index (κ1) is 9.08. The van der Waals surface area contributed by atoms with Crippen molar-refractivity contribution in [2.24, 2.45) is 7.05 Å². The van der Waals surface area contributed by atoms with Crippen molar-refractivity contribution in [1.82, 2.24) is 24.3 Å². The molecule has 0 atom stereocenters. The zero-order valence-electron chi connectivity index (χ0n) is 8.91. The van der Waals surface area contributed by atoms with Gasteiger partial charge in [0.15, 0.2) is 5.82 Å². The van der Waals surface area contributed by atoms with E-state index in [1.807, 2.05) is 36.1 Å². The summed E-state index contributed by atoms with van der Waals surface area (Å²) in [5, 5.41) is 7.92. The Morgan fingerprint density at radius 1 is 1.19 bits per heavy atom. The summed E-state index contributed by atoms with van der Waals surface area (Å²) >= 11 is 0. The van der Waals surface area contributed by atoms with Gasteiger partial charge in [0.1, 0.15) is 6.33 Å². The Bertz CT molecular complexity index is 622. The lowest BCUT2D eigenvalue weighted by atomic mass is 10.3. The average molecular weight is 213 g/mol. The number of hydrogen-bond acceptors (Lipinski definition) is 3. The van der Waals surface area contributed by atoms with E-state index in [1.165, 1.54) is 0 Å². The van der Waals surface area contributed by atoms with Gasteiger partial charge < -0.3 is 9.13 Å². The monoisotopic (exact) mass is 213 g/mol. The molecular formula is C11H11N5. The summed E-state index contributed by atoms with van der Waals surface area (Å²) in [6.45, 7) is 0.691. The van der Waals surface area contributed by atoms with Gasteiger partial charge in [0.25, 0.3) is 0 Å². The lowest BCUT2D eigenvalue weighted by Gasteiger charge is -2.02. The minimum atomic E-state index is 0.691. The maximum absolute atomic E-state index is 4.33. The van der Waals surface area contributed by atoms with Gasteiger partial charge in [-0.1, -0.05) is 12.1 Å². The molecule has 16 heavy (non-hydrogen) atoms. The topological polar surface area (TPSA) is 48.5 Å². The third kappa shape index (κ3) is 1.37. The molecule has 2 heterocycles. The zero-order valence-corrected chi connectivity index (χ0v) is 8.91. The number of hydrogen-bond donors (Lipinski definition) is 0. The smallest absolute Gasteiger partial charge is 0.152 e. The molecular weight excluding hydrogens is 202 g/mol. The summed E-state index contributed by atoms with van der Waals surface area (Å²) in [4.78, 5) is 4.33. The van der Waals surface area contributed by atoms with Gasteiger partial charge in [-0.2, -0.15) is 0 Å². The summed E-state index contributed by atoms with van der Waals surface area (Å²) in [6.07, 6.45) is 3.54. The van der Waals surface area contributed by atoms with E-state index in [1.54, 1.807) is 6.33 Å². The van der Waals surface area contributed by atoms with Gasteiger partial charge >= 0.3 is 0 Å². The molecule has 0 N–H and O–H groups in total. The Kier molecular flexibility index (Phi) is 1.96. The quantitative estimate of drug-likeness (QED) is 0.643. The Morgan fingerprint density at radius 3 is 2.88 bits per heavy atom. The molecule has 2 aromatic heterocycles. The van der Waals surface area contributed by atoms with Crippen LogP contribution in [0.2, 0.25) is 0 Å². The van der Waals surface area contributed by atoms with Crippen LogP contribution in [0.5, 0.6) is 0 Å². The van der Waals surface area contributed by atoms with E-state index in [-0.39, 0.29) is 0 Å². The van der Waals surface area contributed by atoms with E-state index in [0.29, 0.717) is 6.54 Å². The van der Waals surface area contributed by atoms with Crippen LogP contribution in [-0.2, 0) is 13.6 Å². The predicted octanol–water partition coefficient (Wildman–Crippen LogP) is 1.21. The summed E-state index contributed by atoms with van der Waals surface area (Å²) in [7, 11) is 1.94. The number of rotatable bonds is 2. The number of aromatic nitrogens is 5. The van der Waals surface area contributed by atoms with Crippen molar-refractivity contribution < 1.29 is 0 Å². The molecule has 80 valence electrons. The van der Waals surface area contributed by atoms with Crippen molar-refractivity contribution in [2.75, 3.05) is 0 Å². The normalized spacial score (nSPS) is 11.1.